The molecule has 0 saturated carbocycles. The van der Waals surface area contributed by atoms with Crippen molar-refractivity contribution in [2.45, 2.75) is 6.42 Å². The van der Waals surface area contributed by atoms with Gasteiger partial charge in [-0.3, -0.25) is 4.79 Å². The molecule has 0 atom stereocenters. The maximum absolute atomic E-state index is 11.7. The first kappa shape index (κ1) is 9.95. The van der Waals surface area contributed by atoms with Crippen molar-refractivity contribution in [3.63, 3.8) is 0 Å². The maximum atomic E-state index is 11.7. The molecule has 14 heavy (non-hydrogen) atoms. The third-order valence-electron chi connectivity index (χ3n) is 1.59. The number of Topliss-reactive ketones (excluding diaryl/α,β-unsaturated/α-hetero) is 1. The molecule has 2 rings (SSSR count). The molecule has 0 aliphatic rings. The van der Waals surface area contributed by atoms with Crippen LogP contribution in [-0.4, -0.2) is 15.4 Å². The van der Waals surface area contributed by atoms with Gasteiger partial charge in [0, 0.05) is 5.38 Å². The molecule has 0 radical (unpaired) electrons. The molecule has 3 nitrogen and oxygen atoms in total. The fourth-order valence-corrected chi connectivity index (χ4v) is 2.75. The van der Waals surface area contributed by atoms with Crippen LogP contribution in [0.5, 0.6) is 0 Å². The summed E-state index contributed by atoms with van der Waals surface area (Å²) < 4.78 is 4.68. The van der Waals surface area contributed by atoms with E-state index in [9.17, 15) is 4.79 Å². The molecule has 0 amide bonds. The Morgan fingerprint density at radius 2 is 2.36 bits per heavy atom. The zero-order valence-electron chi connectivity index (χ0n) is 6.94. The van der Waals surface area contributed by atoms with Crippen LogP contribution in [0.15, 0.2) is 21.3 Å². The van der Waals surface area contributed by atoms with Crippen LogP contribution >= 0.6 is 38.8 Å². The van der Waals surface area contributed by atoms with Gasteiger partial charge in [-0.1, -0.05) is 4.49 Å². The Morgan fingerprint density at radius 3 is 2.93 bits per heavy atom. The number of thiophene rings is 1. The van der Waals surface area contributed by atoms with Crippen LogP contribution in [0.3, 0.4) is 0 Å². The highest BCUT2D eigenvalue weighted by molar-refractivity contribution is 9.11. The summed E-state index contributed by atoms with van der Waals surface area (Å²) in [4.78, 5) is 12.4. The van der Waals surface area contributed by atoms with Crippen molar-refractivity contribution in [1.29, 1.82) is 0 Å². The number of hydrogen-bond acceptors (Lipinski definition) is 5. The zero-order valence-corrected chi connectivity index (χ0v) is 10.2. The Labute approximate surface area is 97.1 Å². The van der Waals surface area contributed by atoms with Crippen LogP contribution in [0.25, 0.3) is 0 Å². The highest BCUT2D eigenvalue weighted by Crippen LogP contribution is 2.23. The zero-order chi connectivity index (χ0) is 9.97. The molecule has 0 aromatic carbocycles. The summed E-state index contributed by atoms with van der Waals surface area (Å²) >= 11 is 6.02. The van der Waals surface area contributed by atoms with Gasteiger partial charge in [0.2, 0.25) is 0 Å². The van der Waals surface area contributed by atoms with Crippen molar-refractivity contribution in [3.05, 3.63) is 31.9 Å². The number of carbonyl (C=O) groups is 1. The van der Waals surface area contributed by atoms with Gasteiger partial charge in [0.05, 0.1) is 20.8 Å². The van der Waals surface area contributed by atoms with E-state index in [1.165, 1.54) is 22.9 Å². The van der Waals surface area contributed by atoms with Gasteiger partial charge in [0.1, 0.15) is 0 Å². The van der Waals surface area contributed by atoms with Gasteiger partial charge in [-0.25, -0.2) is 0 Å². The lowest BCUT2D eigenvalue weighted by molar-refractivity contribution is 0.0996. The predicted molar refractivity (Wildman–Crippen MR) is 60.0 cm³/mol. The van der Waals surface area contributed by atoms with E-state index in [0.29, 0.717) is 6.42 Å². The maximum Gasteiger partial charge on any atom is 0.178 e. The minimum Gasteiger partial charge on any atom is -0.293 e. The lowest BCUT2D eigenvalue weighted by atomic mass is 10.2. The highest BCUT2D eigenvalue weighted by Gasteiger charge is 2.10. The summed E-state index contributed by atoms with van der Waals surface area (Å²) in [6.07, 6.45) is 0.337. The molecule has 72 valence electrons. The summed E-state index contributed by atoms with van der Waals surface area (Å²) in [7, 11) is 0. The van der Waals surface area contributed by atoms with Gasteiger partial charge < -0.3 is 0 Å². The average molecular weight is 289 g/mol. The van der Waals surface area contributed by atoms with Gasteiger partial charge in [-0.15, -0.1) is 16.4 Å². The molecule has 0 N–H and O–H groups in total. The monoisotopic (exact) mass is 288 g/mol. The number of halogens is 1. The van der Waals surface area contributed by atoms with E-state index in [1.54, 1.807) is 5.38 Å². The number of hydrogen-bond donors (Lipinski definition) is 0. The third kappa shape index (κ3) is 2.26. The van der Waals surface area contributed by atoms with Crippen molar-refractivity contribution >= 4 is 44.6 Å². The molecule has 6 heteroatoms. The lowest BCUT2D eigenvalue weighted by Crippen LogP contribution is -2.01. The van der Waals surface area contributed by atoms with Crippen molar-refractivity contribution in [2.75, 3.05) is 0 Å². The topological polar surface area (TPSA) is 42.9 Å². The van der Waals surface area contributed by atoms with Crippen LogP contribution in [0, 0.1) is 0 Å². The van der Waals surface area contributed by atoms with E-state index in [1.807, 2.05) is 12.1 Å². The third-order valence-corrected chi connectivity index (χ3v) is 3.81. The number of nitrogens with zero attached hydrogens (tertiary/aromatic N) is 2. The van der Waals surface area contributed by atoms with Crippen molar-refractivity contribution < 1.29 is 4.79 Å². The first-order chi connectivity index (χ1) is 6.75. The van der Waals surface area contributed by atoms with Crippen molar-refractivity contribution in [2.24, 2.45) is 0 Å². The number of rotatable bonds is 3. The van der Waals surface area contributed by atoms with E-state index in [2.05, 4.69) is 25.5 Å². The normalized spacial score (nSPS) is 10.4. The van der Waals surface area contributed by atoms with E-state index < -0.39 is 0 Å². The standard InChI is InChI=1S/C8H5BrN2OS2/c9-8-2-1-7(14-8)6(12)3-5-4-13-11-10-5/h1-2,4H,3H2. The summed E-state index contributed by atoms with van der Waals surface area (Å²) in [6.45, 7) is 0. The Bertz CT molecular complexity index is 438. The Balaban J connectivity index is 2.10. The van der Waals surface area contributed by atoms with E-state index >= 15 is 0 Å². The van der Waals surface area contributed by atoms with E-state index in [4.69, 9.17) is 0 Å². The Morgan fingerprint density at radius 1 is 1.50 bits per heavy atom. The molecule has 0 aliphatic heterocycles. The largest absolute Gasteiger partial charge is 0.293 e. The Kier molecular flexibility index (Phi) is 3.05. The van der Waals surface area contributed by atoms with Crippen molar-refractivity contribution in [3.8, 4) is 0 Å². The van der Waals surface area contributed by atoms with E-state index in [0.717, 1.165) is 14.4 Å². The molecule has 2 aromatic heterocycles. The van der Waals surface area contributed by atoms with E-state index in [-0.39, 0.29) is 5.78 Å². The Hall–Kier alpha value is -0.590. The number of ketones is 1. The summed E-state index contributed by atoms with van der Waals surface area (Å²) in [5.74, 6) is 0.0911. The van der Waals surface area contributed by atoms with Crippen LogP contribution in [0.4, 0.5) is 0 Å². The summed E-state index contributed by atoms with van der Waals surface area (Å²) in [5.41, 5.74) is 0.740. The number of carbonyl (C=O) groups excluding carboxylic acids is 1. The second kappa shape index (κ2) is 4.29. The van der Waals surface area contributed by atoms with Gasteiger partial charge in [0.15, 0.2) is 5.78 Å². The van der Waals surface area contributed by atoms with Crippen molar-refractivity contribution in [1.82, 2.24) is 9.59 Å². The minimum absolute atomic E-state index is 0.0911. The van der Waals surface area contributed by atoms with Crippen LogP contribution in [0.2, 0.25) is 0 Å². The lowest BCUT2D eigenvalue weighted by Gasteiger charge is -1.91. The SMILES string of the molecule is O=C(Cc1csnn1)c1ccc(Br)s1. The molecule has 0 fully saturated rings. The highest BCUT2D eigenvalue weighted by atomic mass is 79.9. The first-order valence-electron chi connectivity index (χ1n) is 3.80. The van der Waals surface area contributed by atoms with Crippen LogP contribution < -0.4 is 0 Å². The molecule has 0 unspecified atom stereocenters. The fourth-order valence-electron chi connectivity index (χ4n) is 0.977. The van der Waals surface area contributed by atoms with Gasteiger partial charge in [0.25, 0.3) is 0 Å². The minimum atomic E-state index is 0.0911. The molecule has 0 bridgehead atoms. The molecule has 2 aromatic rings. The van der Waals surface area contributed by atoms with Crippen LogP contribution in [-0.2, 0) is 6.42 Å². The summed E-state index contributed by atoms with van der Waals surface area (Å²) in [5, 5.41) is 5.62. The van der Waals surface area contributed by atoms with Gasteiger partial charge in [-0.05, 0) is 39.6 Å². The second-order valence-corrected chi connectivity index (χ2v) is 5.67. The van der Waals surface area contributed by atoms with Gasteiger partial charge >= 0.3 is 0 Å². The van der Waals surface area contributed by atoms with Gasteiger partial charge in [-0.2, -0.15) is 0 Å². The quantitative estimate of drug-likeness (QED) is 0.816. The number of aromatic nitrogens is 2. The first-order valence-corrected chi connectivity index (χ1v) is 6.25. The smallest absolute Gasteiger partial charge is 0.178 e. The molecular formula is C8H5BrN2OS2. The second-order valence-electron chi connectivity index (χ2n) is 2.60. The average Bonchev–Trinajstić information content (AvgIpc) is 2.75. The summed E-state index contributed by atoms with van der Waals surface area (Å²) in [6, 6.07) is 3.69. The predicted octanol–water partition coefficient (Wildman–Crippen LogP) is 2.79. The fraction of sp³-hybridized carbons (Fsp3) is 0.125. The van der Waals surface area contributed by atoms with Crippen LogP contribution in [0.1, 0.15) is 15.4 Å². The molecule has 0 saturated heterocycles. The molecule has 0 spiro atoms. The molecule has 0 aliphatic carbocycles. The molecular weight excluding hydrogens is 284 g/mol. The molecule has 2 heterocycles.